The Kier molecular flexibility index (Phi) is 5.62. The van der Waals surface area contributed by atoms with Crippen LogP contribution in [-0.2, 0) is 10.0 Å². The van der Waals surface area contributed by atoms with Crippen molar-refractivity contribution in [2.75, 3.05) is 32.7 Å². The Balaban J connectivity index is 1.64. The standard InChI is InChI=1S/C19H24N2O3S2/c1-14-11-15(2)19(16(3)12-14)17(22)13-20-6-8-21(9-7-20)26(23,24)18-5-4-10-25-18/h4-5,10-12H,6-9,13H2,1-3H3. The number of hydrogen-bond donors (Lipinski definition) is 0. The number of hydrogen-bond acceptors (Lipinski definition) is 5. The molecule has 1 aliphatic heterocycles. The monoisotopic (exact) mass is 392 g/mol. The lowest BCUT2D eigenvalue weighted by Gasteiger charge is -2.33. The maximum Gasteiger partial charge on any atom is 0.252 e. The Morgan fingerprint density at radius 3 is 2.23 bits per heavy atom. The van der Waals surface area contributed by atoms with Crippen molar-refractivity contribution in [2.45, 2.75) is 25.0 Å². The highest BCUT2D eigenvalue weighted by Gasteiger charge is 2.30. The SMILES string of the molecule is Cc1cc(C)c(C(=O)CN2CCN(S(=O)(=O)c3cccs3)CC2)c(C)c1. The van der Waals surface area contributed by atoms with Gasteiger partial charge < -0.3 is 0 Å². The minimum atomic E-state index is -3.40. The summed E-state index contributed by atoms with van der Waals surface area (Å²) in [6, 6.07) is 7.45. The molecule has 2 heterocycles. The molecule has 26 heavy (non-hydrogen) atoms. The number of rotatable bonds is 5. The lowest BCUT2D eigenvalue weighted by atomic mass is 9.96. The van der Waals surface area contributed by atoms with E-state index in [-0.39, 0.29) is 5.78 Å². The van der Waals surface area contributed by atoms with Crippen LogP contribution in [0.3, 0.4) is 0 Å². The number of piperazine rings is 1. The van der Waals surface area contributed by atoms with Crippen LogP contribution in [0, 0.1) is 20.8 Å². The summed E-state index contributed by atoms with van der Waals surface area (Å²) in [5.41, 5.74) is 3.96. The molecule has 0 N–H and O–H groups in total. The molecule has 140 valence electrons. The van der Waals surface area contributed by atoms with Crippen molar-refractivity contribution >= 4 is 27.1 Å². The van der Waals surface area contributed by atoms with Crippen LogP contribution in [0.4, 0.5) is 0 Å². The van der Waals surface area contributed by atoms with Crippen molar-refractivity contribution < 1.29 is 13.2 Å². The van der Waals surface area contributed by atoms with Crippen molar-refractivity contribution in [1.82, 2.24) is 9.21 Å². The summed E-state index contributed by atoms with van der Waals surface area (Å²) >= 11 is 1.24. The summed E-state index contributed by atoms with van der Waals surface area (Å²) in [6.45, 7) is 8.27. The molecule has 0 aliphatic carbocycles. The molecular weight excluding hydrogens is 368 g/mol. The van der Waals surface area contributed by atoms with E-state index in [0.717, 1.165) is 22.3 Å². The van der Waals surface area contributed by atoms with Gasteiger partial charge in [0, 0.05) is 31.7 Å². The van der Waals surface area contributed by atoms with Gasteiger partial charge in [-0.3, -0.25) is 9.69 Å². The topological polar surface area (TPSA) is 57.7 Å². The predicted molar refractivity (Wildman–Crippen MR) is 105 cm³/mol. The number of carbonyl (C=O) groups excluding carboxylic acids is 1. The van der Waals surface area contributed by atoms with Crippen LogP contribution >= 0.6 is 11.3 Å². The van der Waals surface area contributed by atoms with Gasteiger partial charge in [-0.05, 0) is 43.3 Å². The second-order valence-corrected chi connectivity index (χ2v) is 9.92. The lowest BCUT2D eigenvalue weighted by Crippen LogP contribution is -2.49. The smallest absolute Gasteiger partial charge is 0.252 e. The molecule has 3 rings (SSSR count). The molecule has 1 aromatic heterocycles. The average molecular weight is 393 g/mol. The number of aryl methyl sites for hydroxylation is 3. The van der Waals surface area contributed by atoms with Gasteiger partial charge in [0.2, 0.25) is 0 Å². The Morgan fingerprint density at radius 1 is 1.08 bits per heavy atom. The summed E-state index contributed by atoms with van der Waals surface area (Å²) in [4.78, 5) is 14.8. The summed E-state index contributed by atoms with van der Waals surface area (Å²) in [5, 5.41) is 1.77. The van der Waals surface area contributed by atoms with E-state index in [0.29, 0.717) is 36.9 Å². The maximum absolute atomic E-state index is 12.8. The molecule has 0 unspecified atom stereocenters. The highest BCUT2D eigenvalue weighted by atomic mass is 32.2. The van der Waals surface area contributed by atoms with Crippen LogP contribution in [0.15, 0.2) is 33.9 Å². The van der Waals surface area contributed by atoms with E-state index >= 15 is 0 Å². The van der Waals surface area contributed by atoms with Crippen LogP contribution in [-0.4, -0.2) is 56.1 Å². The molecule has 0 amide bonds. The first-order valence-electron chi connectivity index (χ1n) is 8.66. The van der Waals surface area contributed by atoms with Gasteiger partial charge >= 0.3 is 0 Å². The van der Waals surface area contributed by atoms with Crippen molar-refractivity contribution in [2.24, 2.45) is 0 Å². The van der Waals surface area contributed by atoms with Crippen molar-refractivity contribution in [3.05, 3.63) is 51.9 Å². The maximum atomic E-state index is 12.8. The largest absolute Gasteiger partial charge is 0.293 e. The summed E-state index contributed by atoms with van der Waals surface area (Å²) in [7, 11) is -3.40. The Hall–Kier alpha value is -1.54. The molecule has 5 nitrogen and oxygen atoms in total. The van der Waals surface area contributed by atoms with E-state index in [1.165, 1.54) is 15.6 Å². The first kappa shape index (κ1) is 19.2. The second kappa shape index (κ2) is 7.60. The number of thiophene rings is 1. The molecule has 0 bridgehead atoms. The van der Waals surface area contributed by atoms with Gasteiger partial charge in [0.25, 0.3) is 10.0 Å². The van der Waals surface area contributed by atoms with E-state index in [2.05, 4.69) is 0 Å². The zero-order valence-electron chi connectivity index (χ0n) is 15.4. The Labute approximate surface area is 159 Å². The third-order valence-electron chi connectivity index (χ3n) is 4.74. The first-order chi connectivity index (χ1) is 12.3. The molecule has 0 atom stereocenters. The molecule has 0 radical (unpaired) electrons. The average Bonchev–Trinajstić information content (AvgIpc) is 3.09. The second-order valence-electron chi connectivity index (χ2n) is 6.81. The van der Waals surface area contributed by atoms with E-state index < -0.39 is 10.0 Å². The van der Waals surface area contributed by atoms with Crippen LogP contribution in [0.25, 0.3) is 0 Å². The number of carbonyl (C=O) groups is 1. The van der Waals surface area contributed by atoms with E-state index in [9.17, 15) is 13.2 Å². The minimum absolute atomic E-state index is 0.106. The first-order valence-corrected chi connectivity index (χ1v) is 11.0. The fourth-order valence-electron chi connectivity index (χ4n) is 3.57. The number of nitrogens with zero attached hydrogens (tertiary/aromatic N) is 2. The van der Waals surface area contributed by atoms with Crippen LogP contribution in [0.5, 0.6) is 0 Å². The van der Waals surface area contributed by atoms with Crippen molar-refractivity contribution in [3.8, 4) is 0 Å². The molecule has 2 aromatic rings. The van der Waals surface area contributed by atoms with Crippen LogP contribution in [0.2, 0.25) is 0 Å². The molecule has 7 heteroatoms. The molecule has 1 saturated heterocycles. The van der Waals surface area contributed by atoms with Gasteiger partial charge in [-0.2, -0.15) is 4.31 Å². The molecule has 1 aliphatic rings. The quantitative estimate of drug-likeness (QED) is 0.734. The third-order valence-corrected chi connectivity index (χ3v) is 8.02. The van der Waals surface area contributed by atoms with Gasteiger partial charge in [-0.1, -0.05) is 23.8 Å². The fourth-order valence-corrected chi connectivity index (χ4v) is 6.13. The van der Waals surface area contributed by atoms with Gasteiger partial charge in [0.15, 0.2) is 5.78 Å². The summed E-state index contributed by atoms with van der Waals surface area (Å²) in [6.07, 6.45) is 0. The number of ketones is 1. The minimum Gasteiger partial charge on any atom is -0.293 e. The molecule has 0 spiro atoms. The molecule has 0 saturated carbocycles. The van der Waals surface area contributed by atoms with Crippen LogP contribution in [0.1, 0.15) is 27.0 Å². The van der Waals surface area contributed by atoms with Gasteiger partial charge in [0.1, 0.15) is 4.21 Å². The van der Waals surface area contributed by atoms with Crippen molar-refractivity contribution in [3.63, 3.8) is 0 Å². The highest BCUT2D eigenvalue weighted by Crippen LogP contribution is 2.22. The van der Waals surface area contributed by atoms with Crippen LogP contribution < -0.4 is 0 Å². The summed E-state index contributed by atoms with van der Waals surface area (Å²) < 4.78 is 27.0. The number of sulfonamides is 1. The van der Waals surface area contributed by atoms with Gasteiger partial charge in [0.05, 0.1) is 6.54 Å². The predicted octanol–water partition coefficient (Wildman–Crippen LogP) is 2.86. The lowest BCUT2D eigenvalue weighted by molar-refractivity contribution is 0.0900. The zero-order chi connectivity index (χ0) is 18.9. The Bertz CT molecular complexity index is 874. The van der Waals surface area contributed by atoms with E-state index in [1.807, 2.05) is 37.8 Å². The van der Waals surface area contributed by atoms with E-state index in [4.69, 9.17) is 0 Å². The molecule has 1 aromatic carbocycles. The zero-order valence-corrected chi connectivity index (χ0v) is 17.0. The molecule has 1 fully saturated rings. The van der Waals surface area contributed by atoms with Crippen molar-refractivity contribution in [1.29, 1.82) is 0 Å². The summed E-state index contributed by atoms with van der Waals surface area (Å²) in [5.74, 6) is 0.106. The number of Topliss-reactive ketones (excluding diaryl/α,β-unsaturated/α-hetero) is 1. The Morgan fingerprint density at radius 2 is 1.69 bits per heavy atom. The molecular formula is C19H24N2O3S2. The van der Waals surface area contributed by atoms with E-state index in [1.54, 1.807) is 17.5 Å². The fraction of sp³-hybridized carbons (Fsp3) is 0.421. The van der Waals surface area contributed by atoms with Gasteiger partial charge in [-0.25, -0.2) is 8.42 Å². The normalized spacial score (nSPS) is 16.7. The highest BCUT2D eigenvalue weighted by molar-refractivity contribution is 7.91. The third kappa shape index (κ3) is 3.91. The number of benzene rings is 1. The van der Waals surface area contributed by atoms with Gasteiger partial charge in [-0.15, -0.1) is 11.3 Å².